The predicted molar refractivity (Wildman–Crippen MR) is 56.0 cm³/mol. The van der Waals surface area contributed by atoms with Gasteiger partial charge in [0.25, 0.3) is 0 Å². The van der Waals surface area contributed by atoms with Crippen LogP contribution in [-0.2, 0) is 0 Å². The number of ketones is 1. The molecule has 0 saturated carbocycles. The van der Waals surface area contributed by atoms with Gasteiger partial charge in [-0.3, -0.25) is 4.79 Å². The summed E-state index contributed by atoms with van der Waals surface area (Å²) >= 11 is 11.8. The lowest BCUT2D eigenvalue weighted by molar-refractivity contribution is 0.101. The first-order chi connectivity index (χ1) is 6.06. The minimum absolute atomic E-state index is 0.0496. The average molecular weight is 218 g/mol. The van der Waals surface area contributed by atoms with E-state index in [4.69, 9.17) is 23.2 Å². The van der Waals surface area contributed by atoms with Crippen molar-refractivity contribution in [3.63, 3.8) is 0 Å². The van der Waals surface area contributed by atoms with Gasteiger partial charge in [-0.25, -0.2) is 0 Å². The highest BCUT2D eigenvalue weighted by Crippen LogP contribution is 2.31. The molecule has 0 aliphatic carbocycles. The van der Waals surface area contributed by atoms with E-state index in [0.717, 1.165) is 0 Å². The van der Waals surface area contributed by atoms with Crippen LogP contribution in [0.3, 0.4) is 0 Å². The van der Waals surface area contributed by atoms with Crippen LogP contribution in [0.1, 0.15) is 17.3 Å². The lowest BCUT2D eigenvalue weighted by Gasteiger charge is -2.07. The Labute approximate surface area is 86.8 Å². The maximum Gasteiger partial charge on any atom is 0.159 e. The first kappa shape index (κ1) is 10.4. The monoisotopic (exact) mass is 217 g/mol. The van der Waals surface area contributed by atoms with Crippen LogP contribution in [-0.4, -0.2) is 12.8 Å². The molecule has 0 bridgehead atoms. The third-order valence-corrected chi connectivity index (χ3v) is 2.29. The number of carbonyl (C=O) groups excluding carboxylic acids is 1. The number of Topliss-reactive ketones (excluding diaryl/α,β-unsaturated/α-hetero) is 1. The lowest BCUT2D eigenvalue weighted by atomic mass is 10.1. The molecule has 0 spiro atoms. The van der Waals surface area contributed by atoms with Gasteiger partial charge in [-0.2, -0.15) is 0 Å². The summed E-state index contributed by atoms with van der Waals surface area (Å²) in [4.78, 5) is 11.0. The molecule has 1 rings (SSSR count). The van der Waals surface area contributed by atoms with Crippen LogP contribution in [0.15, 0.2) is 12.1 Å². The van der Waals surface area contributed by atoms with Crippen LogP contribution in [0.25, 0.3) is 0 Å². The number of hydrogen-bond donors (Lipinski definition) is 1. The molecule has 0 heterocycles. The summed E-state index contributed by atoms with van der Waals surface area (Å²) in [5, 5.41) is 3.77. The molecule has 0 unspecified atom stereocenters. The Balaban J connectivity index is 3.28. The Morgan fingerprint density at radius 1 is 1.31 bits per heavy atom. The van der Waals surface area contributed by atoms with Crippen LogP contribution in [0, 0.1) is 0 Å². The Kier molecular flexibility index (Phi) is 3.17. The van der Waals surface area contributed by atoms with Crippen molar-refractivity contribution in [1.29, 1.82) is 0 Å². The SMILES string of the molecule is CNc1c(Cl)cc(C(C)=O)cc1Cl. The van der Waals surface area contributed by atoms with Crippen LogP contribution in [0.5, 0.6) is 0 Å². The molecule has 4 heteroatoms. The smallest absolute Gasteiger partial charge is 0.159 e. The molecule has 2 nitrogen and oxygen atoms in total. The molecule has 13 heavy (non-hydrogen) atoms. The molecule has 0 radical (unpaired) electrons. The van der Waals surface area contributed by atoms with E-state index in [1.165, 1.54) is 6.92 Å². The van der Waals surface area contributed by atoms with Crippen molar-refractivity contribution in [2.75, 3.05) is 12.4 Å². The third-order valence-electron chi connectivity index (χ3n) is 1.70. The molecular formula is C9H9Cl2NO. The third kappa shape index (κ3) is 2.14. The van der Waals surface area contributed by atoms with Gasteiger partial charge in [0.15, 0.2) is 5.78 Å². The second kappa shape index (κ2) is 3.99. The van der Waals surface area contributed by atoms with Crippen molar-refractivity contribution >= 4 is 34.7 Å². The number of rotatable bonds is 2. The van der Waals surface area contributed by atoms with Gasteiger partial charge < -0.3 is 5.32 Å². The maximum atomic E-state index is 11.0. The van der Waals surface area contributed by atoms with E-state index in [2.05, 4.69) is 5.32 Å². The van der Waals surface area contributed by atoms with Crippen LogP contribution >= 0.6 is 23.2 Å². The summed E-state index contributed by atoms with van der Waals surface area (Å²) in [6, 6.07) is 3.20. The predicted octanol–water partition coefficient (Wildman–Crippen LogP) is 3.24. The number of halogens is 2. The van der Waals surface area contributed by atoms with E-state index < -0.39 is 0 Å². The largest absolute Gasteiger partial charge is 0.386 e. The van der Waals surface area contributed by atoms with E-state index >= 15 is 0 Å². The summed E-state index contributed by atoms with van der Waals surface area (Å²) < 4.78 is 0. The van der Waals surface area contributed by atoms with Crippen molar-refractivity contribution in [1.82, 2.24) is 0 Å². The minimum atomic E-state index is -0.0496. The van der Waals surface area contributed by atoms with Gasteiger partial charge >= 0.3 is 0 Å². The molecule has 0 aliphatic rings. The van der Waals surface area contributed by atoms with Gasteiger partial charge in [0.05, 0.1) is 15.7 Å². The van der Waals surface area contributed by atoms with E-state index in [1.54, 1.807) is 19.2 Å². The molecule has 0 amide bonds. The van der Waals surface area contributed by atoms with Gasteiger partial charge in [0.1, 0.15) is 0 Å². The van der Waals surface area contributed by atoms with Gasteiger partial charge in [-0.15, -0.1) is 0 Å². The molecule has 0 aromatic heterocycles. The molecular weight excluding hydrogens is 209 g/mol. The van der Waals surface area contributed by atoms with E-state index in [9.17, 15) is 4.79 Å². The molecule has 70 valence electrons. The second-order valence-corrected chi connectivity index (χ2v) is 3.44. The summed E-state index contributed by atoms with van der Waals surface area (Å²) in [6.45, 7) is 1.47. The zero-order valence-corrected chi connectivity index (χ0v) is 8.83. The topological polar surface area (TPSA) is 29.1 Å². The fourth-order valence-corrected chi connectivity index (χ4v) is 1.69. The first-order valence-electron chi connectivity index (χ1n) is 3.74. The molecule has 1 aromatic carbocycles. The number of carbonyl (C=O) groups is 1. The summed E-state index contributed by atoms with van der Waals surface area (Å²) in [7, 11) is 1.72. The zero-order chi connectivity index (χ0) is 10.0. The minimum Gasteiger partial charge on any atom is -0.386 e. The lowest BCUT2D eigenvalue weighted by Crippen LogP contribution is -1.96. The van der Waals surface area contributed by atoms with E-state index in [1.807, 2.05) is 0 Å². The highest BCUT2D eigenvalue weighted by Gasteiger charge is 2.08. The first-order valence-corrected chi connectivity index (χ1v) is 4.49. The fraction of sp³-hybridized carbons (Fsp3) is 0.222. The van der Waals surface area contributed by atoms with E-state index in [0.29, 0.717) is 21.3 Å². The number of anilines is 1. The number of benzene rings is 1. The Morgan fingerprint density at radius 2 is 1.77 bits per heavy atom. The highest BCUT2D eigenvalue weighted by molar-refractivity contribution is 6.39. The standard InChI is InChI=1S/C9H9Cl2NO/c1-5(13)6-3-7(10)9(12-2)8(11)4-6/h3-4,12H,1-2H3. The summed E-state index contributed by atoms with van der Waals surface area (Å²) in [6.07, 6.45) is 0. The van der Waals surface area contributed by atoms with E-state index in [-0.39, 0.29) is 5.78 Å². The molecule has 1 aromatic rings. The van der Waals surface area contributed by atoms with Crippen LogP contribution in [0.2, 0.25) is 10.0 Å². The Hall–Kier alpha value is -0.730. The molecule has 0 atom stereocenters. The second-order valence-electron chi connectivity index (χ2n) is 2.62. The van der Waals surface area contributed by atoms with Crippen molar-refractivity contribution in [2.45, 2.75) is 6.92 Å². The fourth-order valence-electron chi connectivity index (χ4n) is 1.02. The molecule has 1 N–H and O–H groups in total. The normalized spacial score (nSPS) is 9.85. The molecule has 0 saturated heterocycles. The van der Waals surface area contributed by atoms with Crippen molar-refractivity contribution in [3.05, 3.63) is 27.7 Å². The van der Waals surface area contributed by atoms with Gasteiger partial charge in [-0.05, 0) is 19.1 Å². The number of hydrogen-bond acceptors (Lipinski definition) is 2. The highest BCUT2D eigenvalue weighted by atomic mass is 35.5. The maximum absolute atomic E-state index is 11.0. The summed E-state index contributed by atoms with van der Waals surface area (Å²) in [5.41, 5.74) is 1.17. The molecule has 0 fully saturated rings. The van der Waals surface area contributed by atoms with Gasteiger partial charge in [0, 0.05) is 12.6 Å². The summed E-state index contributed by atoms with van der Waals surface area (Å²) in [5.74, 6) is -0.0496. The number of nitrogens with one attached hydrogen (secondary N) is 1. The van der Waals surface area contributed by atoms with Crippen LogP contribution < -0.4 is 5.32 Å². The van der Waals surface area contributed by atoms with Gasteiger partial charge in [-0.1, -0.05) is 23.2 Å². The van der Waals surface area contributed by atoms with Crippen molar-refractivity contribution < 1.29 is 4.79 Å². The van der Waals surface area contributed by atoms with Crippen molar-refractivity contribution in [3.8, 4) is 0 Å². The van der Waals surface area contributed by atoms with Gasteiger partial charge in [0.2, 0.25) is 0 Å². The Bertz CT molecular complexity index is 326. The van der Waals surface area contributed by atoms with Crippen LogP contribution in [0.4, 0.5) is 5.69 Å². The van der Waals surface area contributed by atoms with Crippen molar-refractivity contribution in [2.24, 2.45) is 0 Å². The zero-order valence-electron chi connectivity index (χ0n) is 7.32. The Morgan fingerprint density at radius 3 is 2.08 bits per heavy atom. The quantitative estimate of drug-likeness (QED) is 0.772. The molecule has 0 aliphatic heterocycles. The average Bonchev–Trinajstić information content (AvgIpc) is 2.03.